The van der Waals surface area contributed by atoms with Crippen LogP contribution in [0.15, 0.2) is 18.2 Å². The van der Waals surface area contributed by atoms with Crippen LogP contribution in [0, 0.1) is 12.8 Å². The first-order valence-corrected chi connectivity index (χ1v) is 6.07. The molecule has 0 bridgehead atoms. The third-order valence-electron chi connectivity index (χ3n) is 3.43. The Morgan fingerprint density at radius 1 is 1.31 bits per heavy atom. The highest BCUT2D eigenvalue weighted by Crippen LogP contribution is 2.21. The van der Waals surface area contributed by atoms with Gasteiger partial charge in [0, 0.05) is 18.2 Å². The molecule has 0 fully saturated rings. The third kappa shape index (κ3) is 3.24. The van der Waals surface area contributed by atoms with E-state index in [4.69, 9.17) is 0 Å². The minimum Gasteiger partial charge on any atom is -0.507 e. The maximum Gasteiger partial charge on any atom is 0.122 e. The van der Waals surface area contributed by atoms with Crippen LogP contribution < -0.4 is 5.32 Å². The predicted octanol–water partition coefficient (Wildman–Crippen LogP) is 3.22. The number of para-hydroxylation sites is 1. The zero-order valence-electron chi connectivity index (χ0n) is 10.7. The zero-order valence-corrected chi connectivity index (χ0v) is 10.7. The zero-order chi connectivity index (χ0) is 12.1. The first-order valence-electron chi connectivity index (χ1n) is 6.07. The van der Waals surface area contributed by atoms with Crippen molar-refractivity contribution < 1.29 is 5.11 Å². The van der Waals surface area contributed by atoms with Crippen LogP contribution in [0.3, 0.4) is 0 Å². The molecule has 0 radical (unpaired) electrons. The minimum atomic E-state index is 0.423. The van der Waals surface area contributed by atoms with E-state index in [0.29, 0.717) is 17.7 Å². The monoisotopic (exact) mass is 221 g/mol. The smallest absolute Gasteiger partial charge is 0.122 e. The van der Waals surface area contributed by atoms with E-state index in [1.165, 1.54) is 6.42 Å². The fourth-order valence-electron chi connectivity index (χ4n) is 1.69. The van der Waals surface area contributed by atoms with Crippen molar-refractivity contribution in [1.82, 2.24) is 5.32 Å². The van der Waals surface area contributed by atoms with Crippen LogP contribution in [0.4, 0.5) is 0 Å². The molecule has 0 saturated carbocycles. The Morgan fingerprint density at radius 3 is 2.62 bits per heavy atom. The number of aryl methyl sites for hydroxylation is 1. The van der Waals surface area contributed by atoms with Gasteiger partial charge in [-0.15, -0.1) is 0 Å². The van der Waals surface area contributed by atoms with Gasteiger partial charge in [0.25, 0.3) is 0 Å². The molecule has 1 rings (SSSR count). The van der Waals surface area contributed by atoms with Crippen LogP contribution in [-0.4, -0.2) is 11.1 Å². The maximum absolute atomic E-state index is 9.87. The largest absolute Gasteiger partial charge is 0.507 e. The first kappa shape index (κ1) is 13.0. The Balaban J connectivity index is 2.58. The summed E-state index contributed by atoms with van der Waals surface area (Å²) in [5, 5.41) is 13.3. The van der Waals surface area contributed by atoms with Gasteiger partial charge in [0.05, 0.1) is 0 Å². The maximum atomic E-state index is 9.87. The normalized spacial score (nSPS) is 14.8. The number of benzene rings is 1. The van der Waals surface area contributed by atoms with E-state index in [2.05, 4.69) is 26.1 Å². The molecule has 2 atom stereocenters. The predicted molar refractivity (Wildman–Crippen MR) is 68.6 cm³/mol. The van der Waals surface area contributed by atoms with E-state index < -0.39 is 0 Å². The lowest BCUT2D eigenvalue weighted by Gasteiger charge is -2.20. The van der Waals surface area contributed by atoms with Gasteiger partial charge in [-0.05, 0) is 25.3 Å². The van der Waals surface area contributed by atoms with E-state index in [1.807, 2.05) is 25.1 Å². The quantitative estimate of drug-likeness (QED) is 0.800. The number of nitrogens with one attached hydrogen (secondary N) is 1. The Labute approximate surface area is 98.7 Å². The number of hydrogen-bond donors (Lipinski definition) is 2. The van der Waals surface area contributed by atoms with Crippen molar-refractivity contribution in [3.05, 3.63) is 29.3 Å². The molecular formula is C14H23NO. The van der Waals surface area contributed by atoms with Crippen molar-refractivity contribution in [2.45, 2.75) is 46.7 Å². The van der Waals surface area contributed by atoms with E-state index in [0.717, 1.165) is 17.7 Å². The summed E-state index contributed by atoms with van der Waals surface area (Å²) in [6.07, 6.45) is 1.17. The lowest BCUT2D eigenvalue weighted by atomic mass is 10.0. The van der Waals surface area contributed by atoms with Crippen LogP contribution in [0.2, 0.25) is 0 Å². The number of phenolic OH excluding ortho intramolecular Hbond substituents is 1. The molecule has 90 valence electrons. The molecule has 0 heterocycles. The molecule has 2 nitrogen and oxygen atoms in total. The summed E-state index contributed by atoms with van der Waals surface area (Å²) in [5.41, 5.74) is 1.92. The van der Waals surface area contributed by atoms with Crippen molar-refractivity contribution in [2.24, 2.45) is 5.92 Å². The van der Waals surface area contributed by atoms with Crippen LogP contribution >= 0.6 is 0 Å². The fraction of sp³-hybridized carbons (Fsp3) is 0.571. The van der Waals surface area contributed by atoms with Crippen molar-refractivity contribution in [1.29, 1.82) is 0 Å². The van der Waals surface area contributed by atoms with E-state index in [-0.39, 0.29) is 0 Å². The summed E-state index contributed by atoms with van der Waals surface area (Å²) >= 11 is 0. The van der Waals surface area contributed by atoms with Crippen LogP contribution in [-0.2, 0) is 6.54 Å². The number of hydrogen-bond acceptors (Lipinski definition) is 2. The summed E-state index contributed by atoms with van der Waals surface area (Å²) in [6.45, 7) is 9.30. The average Bonchev–Trinajstić information content (AvgIpc) is 2.29. The topological polar surface area (TPSA) is 32.3 Å². The molecular weight excluding hydrogens is 198 g/mol. The second kappa shape index (κ2) is 5.90. The van der Waals surface area contributed by atoms with Gasteiger partial charge < -0.3 is 10.4 Å². The third-order valence-corrected chi connectivity index (χ3v) is 3.43. The summed E-state index contributed by atoms with van der Waals surface area (Å²) in [7, 11) is 0. The SMILES string of the molecule is CCC(C)C(C)NCc1cccc(C)c1O. The summed E-state index contributed by atoms with van der Waals surface area (Å²) < 4.78 is 0. The van der Waals surface area contributed by atoms with E-state index >= 15 is 0 Å². The molecule has 0 aromatic heterocycles. The molecule has 2 heteroatoms. The van der Waals surface area contributed by atoms with Gasteiger partial charge in [0.2, 0.25) is 0 Å². The Kier molecular flexibility index (Phi) is 4.81. The minimum absolute atomic E-state index is 0.423. The summed E-state index contributed by atoms with van der Waals surface area (Å²) in [6, 6.07) is 6.36. The molecule has 2 unspecified atom stereocenters. The number of aromatic hydroxyl groups is 1. The van der Waals surface area contributed by atoms with Gasteiger partial charge in [-0.2, -0.15) is 0 Å². The Hall–Kier alpha value is -1.02. The van der Waals surface area contributed by atoms with Gasteiger partial charge in [0.15, 0.2) is 0 Å². The highest BCUT2D eigenvalue weighted by Gasteiger charge is 2.10. The molecule has 0 saturated heterocycles. The Bertz CT molecular complexity index is 336. The number of phenols is 1. The molecule has 0 aliphatic carbocycles. The lowest BCUT2D eigenvalue weighted by molar-refractivity contribution is 0.384. The van der Waals surface area contributed by atoms with Crippen molar-refractivity contribution >= 4 is 0 Å². The second-order valence-corrected chi connectivity index (χ2v) is 4.64. The van der Waals surface area contributed by atoms with E-state index in [9.17, 15) is 5.11 Å². The van der Waals surface area contributed by atoms with Crippen LogP contribution in [0.25, 0.3) is 0 Å². The molecule has 0 amide bonds. The van der Waals surface area contributed by atoms with Gasteiger partial charge in [-0.3, -0.25) is 0 Å². The van der Waals surface area contributed by atoms with Gasteiger partial charge >= 0.3 is 0 Å². The average molecular weight is 221 g/mol. The Morgan fingerprint density at radius 2 is 2.00 bits per heavy atom. The second-order valence-electron chi connectivity index (χ2n) is 4.64. The van der Waals surface area contributed by atoms with Gasteiger partial charge in [-0.25, -0.2) is 0 Å². The highest BCUT2D eigenvalue weighted by atomic mass is 16.3. The molecule has 16 heavy (non-hydrogen) atoms. The molecule has 2 N–H and O–H groups in total. The van der Waals surface area contributed by atoms with Crippen LogP contribution in [0.1, 0.15) is 38.3 Å². The van der Waals surface area contributed by atoms with E-state index in [1.54, 1.807) is 0 Å². The first-order chi connectivity index (χ1) is 7.56. The lowest BCUT2D eigenvalue weighted by Crippen LogP contribution is -2.31. The van der Waals surface area contributed by atoms with Crippen molar-refractivity contribution in [3.8, 4) is 5.75 Å². The highest BCUT2D eigenvalue weighted by molar-refractivity contribution is 5.39. The van der Waals surface area contributed by atoms with Gasteiger partial charge in [-0.1, -0.05) is 38.5 Å². The van der Waals surface area contributed by atoms with Crippen LogP contribution in [0.5, 0.6) is 5.75 Å². The fourth-order valence-corrected chi connectivity index (χ4v) is 1.69. The summed E-state index contributed by atoms with van der Waals surface area (Å²) in [4.78, 5) is 0. The standard InChI is InChI=1S/C14H23NO/c1-5-10(2)12(4)15-9-13-8-6-7-11(3)14(13)16/h6-8,10,12,15-16H,5,9H2,1-4H3. The van der Waals surface area contributed by atoms with Crippen molar-refractivity contribution in [2.75, 3.05) is 0 Å². The molecule has 0 spiro atoms. The van der Waals surface area contributed by atoms with Crippen molar-refractivity contribution in [3.63, 3.8) is 0 Å². The number of rotatable bonds is 5. The molecule has 1 aromatic rings. The molecule has 0 aliphatic rings. The summed E-state index contributed by atoms with van der Waals surface area (Å²) in [5.74, 6) is 1.08. The molecule has 1 aromatic carbocycles. The van der Waals surface area contributed by atoms with Gasteiger partial charge in [0.1, 0.15) is 5.75 Å². The molecule has 0 aliphatic heterocycles.